The lowest BCUT2D eigenvalue weighted by atomic mass is 10.1. The van der Waals surface area contributed by atoms with E-state index in [4.69, 9.17) is 9.47 Å². The molecule has 7 nitrogen and oxygen atoms in total. The molecule has 0 aliphatic rings. The maximum atomic E-state index is 12.0. The number of hydrogen-bond donors (Lipinski definition) is 2. The highest BCUT2D eigenvalue weighted by atomic mass is 32.1. The number of benzene rings is 1. The van der Waals surface area contributed by atoms with Crippen molar-refractivity contribution < 1.29 is 14.3 Å². The number of rotatable bonds is 6. The third-order valence-electron chi connectivity index (χ3n) is 3.08. The lowest BCUT2D eigenvalue weighted by molar-refractivity contribution is 0.249. The maximum Gasteiger partial charge on any atom is 0.321 e. The second-order valence-corrected chi connectivity index (χ2v) is 5.97. The molecule has 1 unspecified atom stereocenters. The number of aryl methyl sites for hydroxylation is 1. The predicted octanol–water partition coefficient (Wildman–Crippen LogP) is 3.14. The summed E-state index contributed by atoms with van der Waals surface area (Å²) < 4.78 is 10.8. The Hall–Kier alpha value is -2.35. The average Bonchev–Trinajstić information content (AvgIpc) is 2.92. The van der Waals surface area contributed by atoms with Crippen molar-refractivity contribution in [2.75, 3.05) is 19.0 Å². The topological polar surface area (TPSA) is 85.4 Å². The Bertz CT molecular complexity index is 674. The van der Waals surface area contributed by atoms with Crippen LogP contribution in [0.1, 0.15) is 30.5 Å². The fraction of sp³-hybridized carbons (Fsp3) is 0.400. The van der Waals surface area contributed by atoms with E-state index in [0.29, 0.717) is 23.2 Å². The first-order valence-corrected chi connectivity index (χ1v) is 8.03. The predicted molar refractivity (Wildman–Crippen MR) is 89.4 cm³/mol. The number of ether oxygens (including phenoxy) is 2. The summed E-state index contributed by atoms with van der Waals surface area (Å²) in [5.74, 6) is 1.32. The van der Waals surface area contributed by atoms with Crippen LogP contribution >= 0.6 is 11.3 Å². The van der Waals surface area contributed by atoms with Crippen LogP contribution in [0.3, 0.4) is 0 Å². The van der Waals surface area contributed by atoms with Gasteiger partial charge in [0, 0.05) is 0 Å². The molecule has 0 saturated heterocycles. The minimum Gasteiger partial charge on any atom is -0.493 e. The van der Waals surface area contributed by atoms with Crippen molar-refractivity contribution in [3.8, 4) is 11.5 Å². The number of nitrogens with one attached hydrogen (secondary N) is 2. The Morgan fingerprint density at radius 2 is 2.13 bits per heavy atom. The SMILES string of the molecule is CCOc1ccc(C(C)NC(=O)Nc2nnc(C)s2)cc1OC. The standard InChI is InChI=1S/C15H20N4O3S/c1-5-22-12-7-6-11(8-13(12)21-4)9(2)16-14(20)17-15-19-18-10(3)23-15/h6-9H,5H2,1-4H3,(H2,16,17,19,20). The van der Waals surface area contributed by atoms with Crippen LogP contribution < -0.4 is 20.1 Å². The Balaban J connectivity index is 2.02. The Morgan fingerprint density at radius 1 is 1.35 bits per heavy atom. The van der Waals surface area contributed by atoms with Crippen molar-refractivity contribution in [2.45, 2.75) is 26.8 Å². The quantitative estimate of drug-likeness (QED) is 0.846. The largest absolute Gasteiger partial charge is 0.493 e. The molecular formula is C15H20N4O3S. The fourth-order valence-corrected chi connectivity index (χ4v) is 2.58. The number of methoxy groups -OCH3 is 1. The summed E-state index contributed by atoms with van der Waals surface area (Å²) >= 11 is 1.32. The van der Waals surface area contributed by atoms with E-state index >= 15 is 0 Å². The van der Waals surface area contributed by atoms with Crippen LogP contribution in [0.2, 0.25) is 0 Å². The van der Waals surface area contributed by atoms with Gasteiger partial charge in [-0.25, -0.2) is 4.79 Å². The number of urea groups is 1. The van der Waals surface area contributed by atoms with Gasteiger partial charge < -0.3 is 14.8 Å². The molecule has 1 heterocycles. The molecule has 2 aromatic rings. The number of nitrogens with zero attached hydrogens (tertiary/aromatic N) is 2. The van der Waals surface area contributed by atoms with Crippen LogP contribution in [0.15, 0.2) is 18.2 Å². The summed E-state index contributed by atoms with van der Waals surface area (Å²) in [5, 5.41) is 14.5. The van der Waals surface area contributed by atoms with E-state index in [0.717, 1.165) is 10.6 Å². The van der Waals surface area contributed by atoms with Crippen LogP contribution in [0.5, 0.6) is 11.5 Å². The van der Waals surface area contributed by atoms with Gasteiger partial charge in [-0.2, -0.15) is 0 Å². The van der Waals surface area contributed by atoms with Crippen molar-refractivity contribution >= 4 is 22.5 Å². The van der Waals surface area contributed by atoms with Crippen molar-refractivity contribution in [2.24, 2.45) is 0 Å². The molecule has 8 heteroatoms. The summed E-state index contributed by atoms with van der Waals surface area (Å²) in [5.41, 5.74) is 0.911. The van der Waals surface area contributed by atoms with E-state index in [1.54, 1.807) is 7.11 Å². The van der Waals surface area contributed by atoms with Crippen LogP contribution in [-0.2, 0) is 0 Å². The smallest absolute Gasteiger partial charge is 0.321 e. The highest BCUT2D eigenvalue weighted by molar-refractivity contribution is 7.15. The van der Waals surface area contributed by atoms with Gasteiger partial charge in [-0.3, -0.25) is 5.32 Å². The molecule has 124 valence electrons. The molecule has 0 bridgehead atoms. The van der Waals surface area contributed by atoms with E-state index < -0.39 is 0 Å². The summed E-state index contributed by atoms with van der Waals surface area (Å²) in [7, 11) is 1.59. The first-order valence-electron chi connectivity index (χ1n) is 7.21. The minimum atomic E-state index is -0.332. The zero-order chi connectivity index (χ0) is 16.8. The summed E-state index contributed by atoms with van der Waals surface area (Å²) in [6, 6.07) is 5.05. The zero-order valence-corrected chi connectivity index (χ0v) is 14.4. The van der Waals surface area contributed by atoms with Gasteiger partial charge in [0.05, 0.1) is 19.8 Å². The summed E-state index contributed by atoms with van der Waals surface area (Å²) in [6.07, 6.45) is 0. The van der Waals surface area contributed by atoms with E-state index in [2.05, 4.69) is 20.8 Å². The molecule has 0 spiro atoms. The number of aromatic nitrogens is 2. The first-order chi connectivity index (χ1) is 11.0. The molecule has 2 N–H and O–H groups in total. The van der Waals surface area contributed by atoms with Gasteiger partial charge in [0.15, 0.2) is 11.5 Å². The fourth-order valence-electron chi connectivity index (χ4n) is 1.99. The van der Waals surface area contributed by atoms with Crippen molar-refractivity contribution in [3.63, 3.8) is 0 Å². The van der Waals surface area contributed by atoms with Crippen LogP contribution in [-0.4, -0.2) is 29.9 Å². The van der Waals surface area contributed by atoms with Gasteiger partial charge in [-0.1, -0.05) is 17.4 Å². The van der Waals surface area contributed by atoms with E-state index in [1.807, 2.05) is 39.0 Å². The second kappa shape index (κ2) is 7.77. The Labute approximate surface area is 139 Å². The monoisotopic (exact) mass is 336 g/mol. The minimum absolute atomic E-state index is 0.200. The molecule has 0 saturated carbocycles. The lowest BCUT2D eigenvalue weighted by Gasteiger charge is -2.16. The van der Waals surface area contributed by atoms with Crippen molar-refractivity contribution in [1.29, 1.82) is 0 Å². The van der Waals surface area contributed by atoms with Gasteiger partial charge in [0.2, 0.25) is 5.13 Å². The van der Waals surface area contributed by atoms with E-state index in [9.17, 15) is 4.79 Å². The summed E-state index contributed by atoms with van der Waals surface area (Å²) in [6.45, 7) is 6.19. The average molecular weight is 336 g/mol. The molecule has 0 fully saturated rings. The number of anilines is 1. The summed E-state index contributed by atoms with van der Waals surface area (Å²) in [4.78, 5) is 12.0. The molecule has 23 heavy (non-hydrogen) atoms. The third-order valence-corrected chi connectivity index (χ3v) is 3.84. The van der Waals surface area contributed by atoms with Crippen LogP contribution in [0, 0.1) is 6.92 Å². The van der Waals surface area contributed by atoms with Gasteiger partial charge in [-0.15, -0.1) is 10.2 Å². The van der Waals surface area contributed by atoms with Crippen molar-refractivity contribution in [3.05, 3.63) is 28.8 Å². The molecule has 1 aromatic heterocycles. The number of amides is 2. The normalized spacial score (nSPS) is 11.7. The molecule has 0 aliphatic heterocycles. The van der Waals surface area contributed by atoms with Gasteiger partial charge >= 0.3 is 6.03 Å². The molecule has 1 atom stereocenters. The van der Waals surface area contributed by atoms with E-state index in [-0.39, 0.29) is 12.1 Å². The number of hydrogen-bond acceptors (Lipinski definition) is 6. The Kier molecular flexibility index (Phi) is 5.75. The maximum absolute atomic E-state index is 12.0. The van der Waals surface area contributed by atoms with Crippen molar-refractivity contribution in [1.82, 2.24) is 15.5 Å². The van der Waals surface area contributed by atoms with Gasteiger partial charge in [-0.05, 0) is 38.5 Å². The molecule has 2 amide bonds. The lowest BCUT2D eigenvalue weighted by Crippen LogP contribution is -2.31. The first kappa shape index (κ1) is 17.0. The molecule has 0 radical (unpaired) electrons. The number of carbonyl (C=O) groups is 1. The second-order valence-electron chi connectivity index (χ2n) is 4.79. The van der Waals surface area contributed by atoms with Gasteiger partial charge in [0.1, 0.15) is 5.01 Å². The third kappa shape index (κ3) is 4.56. The Morgan fingerprint density at radius 3 is 2.74 bits per heavy atom. The highest BCUT2D eigenvalue weighted by Crippen LogP contribution is 2.30. The molecule has 0 aliphatic carbocycles. The van der Waals surface area contributed by atoms with Gasteiger partial charge in [0.25, 0.3) is 0 Å². The molecule has 2 rings (SSSR count). The highest BCUT2D eigenvalue weighted by Gasteiger charge is 2.14. The molecular weight excluding hydrogens is 316 g/mol. The number of carbonyl (C=O) groups excluding carboxylic acids is 1. The van der Waals surface area contributed by atoms with Crippen LogP contribution in [0.25, 0.3) is 0 Å². The van der Waals surface area contributed by atoms with E-state index in [1.165, 1.54) is 11.3 Å². The zero-order valence-electron chi connectivity index (χ0n) is 13.5. The molecule has 1 aromatic carbocycles. The van der Waals surface area contributed by atoms with Crippen LogP contribution in [0.4, 0.5) is 9.93 Å².